The molecule has 2 N–H and O–H groups in total. The predicted molar refractivity (Wildman–Crippen MR) is 57.9 cm³/mol. The van der Waals surface area contributed by atoms with Gasteiger partial charge < -0.3 is 0 Å². The zero-order valence-corrected chi connectivity index (χ0v) is 9.11. The van der Waals surface area contributed by atoms with Gasteiger partial charge in [-0.25, -0.2) is 0 Å². The van der Waals surface area contributed by atoms with E-state index >= 15 is 0 Å². The second kappa shape index (κ2) is 3.71. The molecule has 2 rings (SSSR count). The molecule has 1 aromatic heterocycles. The van der Waals surface area contributed by atoms with Gasteiger partial charge in [-0.2, -0.15) is 0 Å². The molecule has 1 aromatic carbocycles. The number of rotatable bonds is 1. The van der Waals surface area contributed by atoms with E-state index in [1.165, 1.54) is 10.0 Å². The number of nitrogens with zero attached hydrogens (tertiary/aromatic N) is 1. The first-order chi connectivity index (χ1) is 6.81. The molecule has 0 atom stereocenters. The topological polar surface area (TPSA) is 49.8 Å². The van der Waals surface area contributed by atoms with Crippen LogP contribution in [0.3, 0.4) is 0 Å². The average Bonchev–Trinajstić information content (AvgIpc) is 2.61. The molecule has 2 aromatic rings. The fraction of sp³-hybridized carbons (Fsp3) is 0. The van der Waals surface area contributed by atoms with Crippen LogP contribution in [0.4, 0.5) is 5.69 Å². The normalized spacial score (nSPS) is 9.64. The second-order valence-corrected chi connectivity index (χ2v) is 5.08. The van der Waals surface area contributed by atoms with E-state index in [-0.39, 0.29) is 14.5 Å². The Morgan fingerprint density at radius 1 is 1.21 bits per heavy atom. The zero-order valence-electron chi connectivity index (χ0n) is 7.40. The van der Waals surface area contributed by atoms with Gasteiger partial charge >= 0.3 is 88.1 Å². The van der Waals surface area contributed by atoms with Gasteiger partial charge in [0.2, 0.25) is 0 Å². The number of hydrogen-bond acceptors (Lipinski definition) is 2. The summed E-state index contributed by atoms with van der Waals surface area (Å²) in [7, 11) is 0. The Bertz CT molecular complexity index is 480. The molecule has 0 saturated carbocycles. The van der Waals surface area contributed by atoms with Crippen molar-refractivity contribution in [3.05, 3.63) is 40.8 Å². The third-order valence-corrected chi connectivity index (χ3v) is 4.24. The molecule has 68 valence electrons. The Balaban J connectivity index is 2.50. The summed E-state index contributed by atoms with van der Waals surface area (Å²) in [5, 5.41) is 8.80. The summed E-state index contributed by atoms with van der Waals surface area (Å²) in [4.78, 5) is 0. The van der Waals surface area contributed by atoms with Crippen molar-refractivity contribution in [2.24, 2.45) is 0 Å². The Morgan fingerprint density at radius 2 is 1.93 bits per heavy atom. The van der Waals surface area contributed by atoms with E-state index in [9.17, 15) is 0 Å². The maximum atomic E-state index is 8.80. The molecular weight excluding hydrogens is 239 g/mol. The zero-order chi connectivity index (χ0) is 9.97. The number of hydrogen-bond donors (Lipinski definition) is 1. The van der Waals surface area contributed by atoms with Crippen LogP contribution in [0, 0.1) is 11.3 Å². The van der Waals surface area contributed by atoms with E-state index in [1.807, 2.05) is 36.4 Å². The Kier molecular flexibility index (Phi) is 2.41. The van der Waals surface area contributed by atoms with Crippen LogP contribution < -0.4 is 5.73 Å². The van der Waals surface area contributed by atoms with Crippen LogP contribution in [-0.4, -0.2) is 14.5 Å². The molecular formula is C11H8N2Se. The molecule has 0 spiro atoms. The van der Waals surface area contributed by atoms with Crippen molar-refractivity contribution in [3.63, 3.8) is 0 Å². The quantitative estimate of drug-likeness (QED) is 0.782. The Morgan fingerprint density at radius 3 is 2.50 bits per heavy atom. The van der Waals surface area contributed by atoms with Crippen molar-refractivity contribution >= 4 is 20.2 Å². The van der Waals surface area contributed by atoms with Crippen LogP contribution in [0.2, 0.25) is 0 Å². The van der Waals surface area contributed by atoms with Crippen molar-refractivity contribution in [1.29, 1.82) is 5.26 Å². The minimum atomic E-state index is 0.0835. The van der Waals surface area contributed by atoms with Crippen LogP contribution in [0.25, 0.3) is 10.0 Å². The number of anilines is 1. The molecule has 0 aliphatic rings. The molecule has 0 fully saturated rings. The van der Waals surface area contributed by atoms with E-state index in [0.717, 1.165) is 4.44 Å². The van der Waals surface area contributed by atoms with Gasteiger partial charge in [-0.05, 0) is 0 Å². The van der Waals surface area contributed by atoms with Gasteiger partial charge in [0.05, 0.1) is 0 Å². The molecule has 0 unspecified atom stereocenters. The average molecular weight is 247 g/mol. The first-order valence-electron chi connectivity index (χ1n) is 4.16. The summed E-state index contributed by atoms with van der Waals surface area (Å²) in [6, 6.07) is 14.1. The molecule has 0 aliphatic carbocycles. The summed E-state index contributed by atoms with van der Waals surface area (Å²) >= 11 is 0.0835. The van der Waals surface area contributed by atoms with Gasteiger partial charge in [0, 0.05) is 0 Å². The Hall–Kier alpha value is -1.49. The van der Waals surface area contributed by atoms with Crippen LogP contribution in [0.5, 0.6) is 0 Å². The van der Waals surface area contributed by atoms with E-state index in [4.69, 9.17) is 11.0 Å². The number of nitrogens with two attached hydrogens (primary N) is 1. The number of nitriles is 1. The summed E-state index contributed by atoms with van der Waals surface area (Å²) in [6.45, 7) is 0. The SMILES string of the molecule is N#Cc1[se]c(-c2ccccc2)cc1N. The van der Waals surface area contributed by atoms with Gasteiger partial charge in [-0.3, -0.25) is 0 Å². The minimum absolute atomic E-state index is 0.0835. The number of nitrogen functional groups attached to an aromatic ring is 1. The monoisotopic (exact) mass is 248 g/mol. The molecule has 3 heteroatoms. The van der Waals surface area contributed by atoms with Gasteiger partial charge in [0.1, 0.15) is 0 Å². The maximum absolute atomic E-state index is 8.80. The number of benzene rings is 1. The molecule has 14 heavy (non-hydrogen) atoms. The summed E-state index contributed by atoms with van der Waals surface area (Å²) in [6.07, 6.45) is 0. The van der Waals surface area contributed by atoms with Crippen LogP contribution >= 0.6 is 0 Å². The second-order valence-electron chi connectivity index (χ2n) is 2.87. The molecule has 2 nitrogen and oxygen atoms in total. The third kappa shape index (κ3) is 1.58. The van der Waals surface area contributed by atoms with Gasteiger partial charge in [0.25, 0.3) is 0 Å². The van der Waals surface area contributed by atoms with E-state index in [0.29, 0.717) is 5.69 Å². The molecule has 0 saturated heterocycles. The fourth-order valence-electron chi connectivity index (χ4n) is 1.24. The van der Waals surface area contributed by atoms with Crippen LogP contribution in [0.1, 0.15) is 4.44 Å². The summed E-state index contributed by atoms with van der Waals surface area (Å²) in [5.41, 5.74) is 7.51. The summed E-state index contributed by atoms with van der Waals surface area (Å²) in [5.74, 6) is 0. The van der Waals surface area contributed by atoms with Gasteiger partial charge in [0.15, 0.2) is 0 Å². The first kappa shape index (κ1) is 9.08. The van der Waals surface area contributed by atoms with E-state index < -0.39 is 0 Å². The molecule has 1 heterocycles. The molecule has 0 aliphatic heterocycles. The molecule has 0 amide bonds. The van der Waals surface area contributed by atoms with Crippen molar-refractivity contribution in [1.82, 2.24) is 0 Å². The Labute approximate surface area is 88.3 Å². The van der Waals surface area contributed by atoms with Crippen molar-refractivity contribution in [2.45, 2.75) is 0 Å². The van der Waals surface area contributed by atoms with Crippen molar-refractivity contribution in [3.8, 4) is 16.1 Å². The van der Waals surface area contributed by atoms with Crippen LogP contribution in [-0.2, 0) is 0 Å². The van der Waals surface area contributed by atoms with E-state index in [2.05, 4.69) is 6.07 Å². The summed E-state index contributed by atoms with van der Waals surface area (Å²) < 4.78 is 1.92. The van der Waals surface area contributed by atoms with Crippen molar-refractivity contribution in [2.75, 3.05) is 5.73 Å². The van der Waals surface area contributed by atoms with Gasteiger partial charge in [-0.15, -0.1) is 0 Å². The van der Waals surface area contributed by atoms with Crippen LogP contribution in [0.15, 0.2) is 36.4 Å². The first-order valence-corrected chi connectivity index (χ1v) is 5.87. The van der Waals surface area contributed by atoms with Crippen molar-refractivity contribution < 1.29 is 0 Å². The third-order valence-electron chi connectivity index (χ3n) is 1.92. The molecule has 0 radical (unpaired) electrons. The predicted octanol–water partition coefficient (Wildman–Crippen LogP) is 1.86. The standard InChI is InChI=1S/C11H8N2Se/c12-7-11-9(13)6-10(14-11)8-4-2-1-3-5-8/h1-6H,13H2. The molecule has 0 bridgehead atoms. The fourth-order valence-corrected chi connectivity index (χ4v) is 3.09. The van der Waals surface area contributed by atoms with Gasteiger partial charge in [-0.1, -0.05) is 0 Å². The van der Waals surface area contributed by atoms with E-state index in [1.54, 1.807) is 0 Å².